The van der Waals surface area contributed by atoms with E-state index in [0.717, 1.165) is 15.7 Å². The first kappa shape index (κ1) is 23.9. The molecule has 0 aromatic heterocycles. The Hall–Kier alpha value is -2.86. The van der Waals surface area contributed by atoms with Crippen molar-refractivity contribution >= 4 is 64.6 Å². The molecule has 0 bridgehead atoms. The molecule has 0 saturated heterocycles. The minimum atomic E-state index is -3.63. The molecule has 0 atom stereocenters. The SMILES string of the molecule is S=C([S][Sn]([c]1ccccc1)([c]1ccccc1)[c]1ccccc1)N(c1ccccc1)c1ccccc1. The Kier molecular flexibility index (Phi) is 7.67. The van der Waals surface area contributed by atoms with Gasteiger partial charge in [-0.25, -0.2) is 0 Å². The molecule has 0 heterocycles. The summed E-state index contributed by atoms with van der Waals surface area (Å²) in [5.74, 6) is 0. The Balaban J connectivity index is 1.71. The summed E-state index contributed by atoms with van der Waals surface area (Å²) in [7, 11) is 1.92. The van der Waals surface area contributed by atoms with Crippen molar-refractivity contribution in [1.82, 2.24) is 0 Å². The van der Waals surface area contributed by atoms with Crippen molar-refractivity contribution in [2.45, 2.75) is 0 Å². The predicted octanol–water partition coefficient (Wildman–Crippen LogP) is 6.51. The summed E-state index contributed by atoms with van der Waals surface area (Å²) in [6.07, 6.45) is 0. The third-order valence-corrected chi connectivity index (χ3v) is 27.2. The number of thiocarbonyl (C=S) groups is 1. The van der Waals surface area contributed by atoms with E-state index in [2.05, 4.69) is 144 Å². The molecule has 4 heteroatoms. The van der Waals surface area contributed by atoms with Gasteiger partial charge in [0, 0.05) is 0 Å². The van der Waals surface area contributed by atoms with Gasteiger partial charge < -0.3 is 0 Å². The Morgan fingerprint density at radius 3 is 1.06 bits per heavy atom. The van der Waals surface area contributed by atoms with E-state index in [1.54, 1.807) is 0 Å². The van der Waals surface area contributed by atoms with Crippen LogP contribution in [0.3, 0.4) is 0 Å². The van der Waals surface area contributed by atoms with E-state index >= 15 is 0 Å². The summed E-state index contributed by atoms with van der Waals surface area (Å²) in [6.45, 7) is 0. The van der Waals surface area contributed by atoms with Gasteiger partial charge in [0.15, 0.2) is 0 Å². The van der Waals surface area contributed by atoms with E-state index in [1.807, 2.05) is 21.1 Å². The van der Waals surface area contributed by atoms with Gasteiger partial charge in [0.2, 0.25) is 0 Å². The normalized spacial score (nSPS) is 11.1. The number of hydrogen-bond acceptors (Lipinski definition) is 2. The van der Waals surface area contributed by atoms with E-state index in [4.69, 9.17) is 12.2 Å². The average molecular weight is 594 g/mol. The number of rotatable bonds is 6. The molecule has 0 amide bonds. The molecule has 0 saturated carbocycles. The van der Waals surface area contributed by atoms with Crippen LogP contribution in [0.25, 0.3) is 0 Å². The first-order chi connectivity index (χ1) is 17.3. The molecular formula is C31H25NS2Sn. The second kappa shape index (κ2) is 11.3. The van der Waals surface area contributed by atoms with Gasteiger partial charge in [-0.15, -0.1) is 0 Å². The molecule has 5 aromatic carbocycles. The van der Waals surface area contributed by atoms with Crippen LogP contribution in [0, 0.1) is 0 Å². The quantitative estimate of drug-likeness (QED) is 0.163. The average Bonchev–Trinajstić information content (AvgIpc) is 2.94. The molecule has 0 spiro atoms. The molecule has 0 aliphatic rings. The standard InChI is InChI=1S/C13H11NS2.3C6H5.Sn/c15-13(16)14(11-7-3-1-4-8-11)12-9-5-2-6-10-12;3*1-2-4-6-5-3-1;/h1-10H,(H,15,16);3*1-5H;/q;;;;+1/p-1. The molecule has 0 N–H and O–H groups in total. The van der Waals surface area contributed by atoms with Crippen LogP contribution in [0.4, 0.5) is 11.4 Å². The van der Waals surface area contributed by atoms with Crippen molar-refractivity contribution in [3.63, 3.8) is 0 Å². The van der Waals surface area contributed by atoms with Crippen LogP contribution in [0.5, 0.6) is 0 Å². The van der Waals surface area contributed by atoms with Gasteiger partial charge in [0.25, 0.3) is 0 Å². The first-order valence-corrected chi connectivity index (χ1v) is 20.6. The van der Waals surface area contributed by atoms with Gasteiger partial charge >= 0.3 is 221 Å². The van der Waals surface area contributed by atoms with Crippen molar-refractivity contribution in [2.24, 2.45) is 0 Å². The molecule has 0 radical (unpaired) electrons. The van der Waals surface area contributed by atoms with Gasteiger partial charge in [-0.3, -0.25) is 0 Å². The van der Waals surface area contributed by atoms with Crippen LogP contribution in [-0.2, 0) is 0 Å². The topological polar surface area (TPSA) is 3.24 Å². The Labute approximate surface area is 219 Å². The Morgan fingerprint density at radius 1 is 0.457 bits per heavy atom. The second-order valence-corrected chi connectivity index (χ2v) is 24.1. The van der Waals surface area contributed by atoms with Gasteiger partial charge in [0.1, 0.15) is 0 Å². The maximum absolute atomic E-state index is 6.33. The van der Waals surface area contributed by atoms with Gasteiger partial charge in [-0.05, 0) is 0 Å². The molecule has 5 rings (SSSR count). The van der Waals surface area contributed by atoms with Crippen LogP contribution >= 0.6 is 21.2 Å². The summed E-state index contributed by atoms with van der Waals surface area (Å²) < 4.78 is 5.06. The molecule has 170 valence electrons. The predicted molar refractivity (Wildman–Crippen MR) is 159 cm³/mol. The Morgan fingerprint density at radius 2 is 0.743 bits per heavy atom. The zero-order valence-corrected chi connectivity index (χ0v) is 23.7. The zero-order valence-electron chi connectivity index (χ0n) is 19.2. The van der Waals surface area contributed by atoms with Crippen molar-refractivity contribution in [2.75, 3.05) is 4.90 Å². The van der Waals surface area contributed by atoms with E-state index < -0.39 is 17.0 Å². The fourth-order valence-corrected chi connectivity index (χ4v) is 25.3. The van der Waals surface area contributed by atoms with E-state index in [9.17, 15) is 0 Å². The van der Waals surface area contributed by atoms with Gasteiger partial charge in [-0.2, -0.15) is 0 Å². The third-order valence-electron chi connectivity index (χ3n) is 5.99. The monoisotopic (exact) mass is 595 g/mol. The molecule has 35 heavy (non-hydrogen) atoms. The number of para-hydroxylation sites is 2. The number of hydrogen-bond donors (Lipinski definition) is 0. The fraction of sp³-hybridized carbons (Fsp3) is 0. The van der Waals surface area contributed by atoms with Crippen molar-refractivity contribution in [1.29, 1.82) is 0 Å². The zero-order chi connectivity index (χ0) is 23.9. The number of anilines is 2. The molecule has 1 nitrogen and oxygen atoms in total. The second-order valence-electron chi connectivity index (χ2n) is 8.15. The molecule has 0 unspecified atom stereocenters. The minimum absolute atomic E-state index is 0.870. The van der Waals surface area contributed by atoms with Crippen LogP contribution in [0.2, 0.25) is 0 Å². The fourth-order valence-electron chi connectivity index (χ4n) is 4.39. The van der Waals surface area contributed by atoms with E-state index in [-0.39, 0.29) is 0 Å². The molecule has 5 aromatic rings. The number of nitrogens with zero attached hydrogens (tertiary/aromatic N) is 1. The first-order valence-electron chi connectivity index (χ1n) is 11.6. The summed E-state index contributed by atoms with van der Waals surface area (Å²) in [6, 6.07) is 53.9. The molecule has 0 fully saturated rings. The Bertz CT molecular complexity index is 1230. The van der Waals surface area contributed by atoms with Gasteiger partial charge in [-0.1, -0.05) is 0 Å². The van der Waals surface area contributed by atoms with Crippen LogP contribution in [0.1, 0.15) is 0 Å². The summed E-state index contributed by atoms with van der Waals surface area (Å²) in [5.41, 5.74) is 2.15. The molecule has 0 aliphatic carbocycles. The van der Waals surface area contributed by atoms with Crippen LogP contribution in [-0.4, -0.2) is 21.3 Å². The number of benzene rings is 5. The van der Waals surface area contributed by atoms with E-state index in [0.29, 0.717) is 0 Å². The van der Waals surface area contributed by atoms with Crippen LogP contribution < -0.4 is 15.6 Å². The molecular weight excluding hydrogens is 569 g/mol. The summed E-state index contributed by atoms with van der Waals surface area (Å²) in [4.78, 5) is 2.22. The third kappa shape index (κ3) is 5.08. The molecule has 0 aliphatic heterocycles. The van der Waals surface area contributed by atoms with Crippen molar-refractivity contribution < 1.29 is 0 Å². The van der Waals surface area contributed by atoms with E-state index in [1.165, 1.54) is 10.7 Å². The van der Waals surface area contributed by atoms with Crippen molar-refractivity contribution in [3.8, 4) is 0 Å². The summed E-state index contributed by atoms with van der Waals surface area (Å²) >= 11 is 2.69. The van der Waals surface area contributed by atoms with Crippen molar-refractivity contribution in [3.05, 3.63) is 152 Å². The van der Waals surface area contributed by atoms with Crippen LogP contribution in [0.15, 0.2) is 152 Å². The maximum atomic E-state index is 6.33. The van der Waals surface area contributed by atoms with Gasteiger partial charge in [0.05, 0.1) is 0 Å². The summed E-state index contributed by atoms with van der Waals surface area (Å²) in [5, 5.41) is 0.